The van der Waals surface area contributed by atoms with E-state index in [4.69, 9.17) is 14.5 Å². The molecule has 3 aliphatic heterocycles. The maximum Gasteiger partial charge on any atom is 0.200 e. The Kier molecular flexibility index (Phi) is 2.00. The SMILES string of the molecule is CC1(C)CCC(=O)[C@]2(C)O[C@@]3(C)CC[C@@]12OO3. The van der Waals surface area contributed by atoms with Gasteiger partial charge in [0.25, 0.3) is 0 Å². The minimum Gasteiger partial charge on any atom is -0.330 e. The molecular weight excluding hydrogens is 220 g/mol. The first kappa shape index (κ1) is 11.6. The number of carbonyl (C=O) groups excluding carboxylic acids is 1. The van der Waals surface area contributed by atoms with E-state index in [0.29, 0.717) is 6.42 Å². The largest absolute Gasteiger partial charge is 0.330 e. The fraction of sp³-hybridized carbons (Fsp3) is 0.923. The minimum atomic E-state index is -0.861. The molecule has 0 aromatic rings. The number of hydrogen-bond acceptors (Lipinski definition) is 4. The lowest BCUT2D eigenvalue weighted by atomic mass is 9.54. The molecule has 4 fully saturated rings. The van der Waals surface area contributed by atoms with Crippen LogP contribution in [-0.2, 0) is 19.3 Å². The highest BCUT2D eigenvalue weighted by Crippen LogP contribution is 2.61. The summed E-state index contributed by atoms with van der Waals surface area (Å²) in [6, 6.07) is 0. The molecule has 0 N–H and O–H groups in total. The Morgan fingerprint density at radius 1 is 1.00 bits per heavy atom. The number of Topliss-reactive ketones (excluding diaryl/α,β-unsaturated/α-hetero) is 1. The molecule has 4 aliphatic rings. The average Bonchev–Trinajstić information content (AvgIpc) is 2.24. The molecule has 3 atom stereocenters. The first-order valence-corrected chi connectivity index (χ1v) is 6.35. The molecule has 0 unspecified atom stereocenters. The van der Waals surface area contributed by atoms with Crippen LogP contribution in [0.3, 0.4) is 0 Å². The van der Waals surface area contributed by atoms with Gasteiger partial charge in [-0.1, -0.05) is 13.8 Å². The van der Waals surface area contributed by atoms with Crippen molar-refractivity contribution in [2.75, 3.05) is 0 Å². The molecule has 3 heterocycles. The molecule has 0 radical (unpaired) electrons. The molecule has 3 saturated heterocycles. The van der Waals surface area contributed by atoms with Crippen LogP contribution in [0.1, 0.15) is 53.4 Å². The maximum absolute atomic E-state index is 12.3. The zero-order chi connectivity index (χ0) is 12.5. The molecule has 1 spiro atoms. The molecule has 0 aromatic carbocycles. The molecule has 4 nitrogen and oxygen atoms in total. The van der Waals surface area contributed by atoms with Crippen molar-refractivity contribution in [3.8, 4) is 0 Å². The van der Waals surface area contributed by atoms with E-state index < -0.39 is 17.0 Å². The third-order valence-corrected chi connectivity index (χ3v) is 5.08. The molecule has 2 bridgehead atoms. The molecule has 0 amide bonds. The summed E-state index contributed by atoms with van der Waals surface area (Å²) < 4.78 is 6.01. The maximum atomic E-state index is 12.3. The summed E-state index contributed by atoms with van der Waals surface area (Å²) in [5.41, 5.74) is -1.61. The van der Waals surface area contributed by atoms with Gasteiger partial charge in [-0.2, -0.15) is 0 Å². The second-order valence-corrected chi connectivity index (χ2v) is 6.57. The Labute approximate surface area is 102 Å². The normalized spacial score (nSPS) is 52.4. The topological polar surface area (TPSA) is 44.8 Å². The van der Waals surface area contributed by atoms with E-state index in [1.165, 1.54) is 0 Å². The summed E-state index contributed by atoms with van der Waals surface area (Å²) in [7, 11) is 0. The number of fused-ring (bicyclic) bond motifs is 2. The number of ether oxygens (including phenoxy) is 1. The Hall–Kier alpha value is -0.450. The fourth-order valence-corrected chi connectivity index (χ4v) is 3.79. The van der Waals surface area contributed by atoms with Crippen molar-refractivity contribution in [1.82, 2.24) is 0 Å². The molecular formula is C13H20O4. The molecule has 1 aliphatic carbocycles. The molecule has 17 heavy (non-hydrogen) atoms. The van der Waals surface area contributed by atoms with E-state index in [-0.39, 0.29) is 11.2 Å². The highest BCUT2D eigenvalue weighted by Gasteiger charge is 2.73. The van der Waals surface area contributed by atoms with Crippen LogP contribution in [0.2, 0.25) is 0 Å². The summed E-state index contributed by atoms with van der Waals surface area (Å²) in [5.74, 6) is -0.620. The van der Waals surface area contributed by atoms with Gasteiger partial charge in [0.05, 0.1) is 0 Å². The molecule has 1 saturated carbocycles. The van der Waals surface area contributed by atoms with Crippen molar-refractivity contribution in [2.45, 2.75) is 70.4 Å². The smallest absolute Gasteiger partial charge is 0.200 e. The molecule has 96 valence electrons. The summed E-state index contributed by atoms with van der Waals surface area (Å²) in [4.78, 5) is 23.4. The van der Waals surface area contributed by atoms with Gasteiger partial charge in [0, 0.05) is 18.3 Å². The van der Waals surface area contributed by atoms with Crippen LogP contribution in [0.15, 0.2) is 0 Å². The van der Waals surface area contributed by atoms with Crippen LogP contribution < -0.4 is 0 Å². The van der Waals surface area contributed by atoms with Crippen molar-refractivity contribution in [1.29, 1.82) is 0 Å². The summed E-state index contributed by atoms with van der Waals surface area (Å²) in [5, 5.41) is 0. The van der Waals surface area contributed by atoms with Gasteiger partial charge in [-0.15, -0.1) is 0 Å². The second kappa shape index (κ2) is 2.92. The number of hydrogen-bond donors (Lipinski definition) is 0. The quantitative estimate of drug-likeness (QED) is 0.610. The first-order valence-electron chi connectivity index (χ1n) is 6.35. The lowest BCUT2D eigenvalue weighted by Gasteiger charge is -2.65. The van der Waals surface area contributed by atoms with E-state index in [9.17, 15) is 4.79 Å². The fourth-order valence-electron chi connectivity index (χ4n) is 3.79. The first-order chi connectivity index (χ1) is 7.75. The van der Waals surface area contributed by atoms with Crippen LogP contribution in [0.5, 0.6) is 0 Å². The third kappa shape index (κ3) is 1.16. The Morgan fingerprint density at radius 3 is 2.29 bits per heavy atom. The Morgan fingerprint density at radius 2 is 1.71 bits per heavy atom. The molecule has 0 aromatic heterocycles. The number of rotatable bonds is 0. The average molecular weight is 240 g/mol. The van der Waals surface area contributed by atoms with Crippen LogP contribution in [0.25, 0.3) is 0 Å². The van der Waals surface area contributed by atoms with Gasteiger partial charge in [-0.05, 0) is 26.7 Å². The number of carbonyl (C=O) groups is 1. The lowest BCUT2D eigenvalue weighted by molar-refractivity contribution is -0.577. The third-order valence-electron chi connectivity index (χ3n) is 5.08. The van der Waals surface area contributed by atoms with Gasteiger partial charge < -0.3 is 4.74 Å². The van der Waals surface area contributed by atoms with E-state index >= 15 is 0 Å². The number of ketones is 1. The second-order valence-electron chi connectivity index (χ2n) is 6.57. The van der Waals surface area contributed by atoms with Crippen molar-refractivity contribution in [3.63, 3.8) is 0 Å². The van der Waals surface area contributed by atoms with Crippen molar-refractivity contribution >= 4 is 5.78 Å². The van der Waals surface area contributed by atoms with Crippen LogP contribution in [0, 0.1) is 5.41 Å². The van der Waals surface area contributed by atoms with Crippen molar-refractivity contribution in [2.24, 2.45) is 5.41 Å². The van der Waals surface area contributed by atoms with E-state index in [1.54, 1.807) is 0 Å². The summed E-state index contributed by atoms with van der Waals surface area (Å²) >= 11 is 0. The Balaban J connectivity index is 2.14. The van der Waals surface area contributed by atoms with E-state index in [2.05, 4.69) is 13.8 Å². The van der Waals surface area contributed by atoms with Gasteiger partial charge in [0.2, 0.25) is 0 Å². The zero-order valence-corrected chi connectivity index (χ0v) is 11.0. The zero-order valence-electron chi connectivity index (χ0n) is 11.0. The molecule has 4 heteroatoms. The van der Waals surface area contributed by atoms with Crippen molar-refractivity contribution in [3.05, 3.63) is 0 Å². The standard InChI is InChI=1S/C13H20O4/c1-10(2)6-5-9(14)12(4)13(10)8-7-11(3,15-12)16-17-13/h5-8H2,1-4H3/t11-,12+,13-/m1/s1. The highest BCUT2D eigenvalue weighted by molar-refractivity contribution is 5.90. The van der Waals surface area contributed by atoms with Gasteiger partial charge in [0.15, 0.2) is 17.2 Å². The van der Waals surface area contributed by atoms with Gasteiger partial charge in [-0.25, -0.2) is 9.78 Å². The van der Waals surface area contributed by atoms with E-state index in [1.807, 2.05) is 13.8 Å². The summed E-state index contributed by atoms with van der Waals surface area (Å²) in [6.45, 7) is 7.99. The van der Waals surface area contributed by atoms with Crippen LogP contribution in [0.4, 0.5) is 0 Å². The predicted octanol–water partition coefficient (Wildman–Crippen LogP) is 2.36. The van der Waals surface area contributed by atoms with Crippen molar-refractivity contribution < 1.29 is 19.3 Å². The predicted molar refractivity (Wildman–Crippen MR) is 60.1 cm³/mol. The minimum absolute atomic E-state index is 0.114. The summed E-state index contributed by atoms with van der Waals surface area (Å²) in [6.07, 6.45) is 2.98. The Bertz CT molecular complexity index is 379. The van der Waals surface area contributed by atoms with Crippen LogP contribution >= 0.6 is 0 Å². The van der Waals surface area contributed by atoms with Gasteiger partial charge in [0.1, 0.15) is 5.60 Å². The highest BCUT2D eigenvalue weighted by atomic mass is 17.3. The van der Waals surface area contributed by atoms with Crippen LogP contribution in [-0.4, -0.2) is 22.8 Å². The van der Waals surface area contributed by atoms with Gasteiger partial charge in [-0.3, -0.25) is 4.79 Å². The molecule has 4 rings (SSSR count). The van der Waals surface area contributed by atoms with E-state index in [0.717, 1.165) is 19.3 Å². The van der Waals surface area contributed by atoms with Gasteiger partial charge >= 0.3 is 0 Å². The lowest BCUT2D eigenvalue weighted by Crippen LogP contribution is -2.77. The monoisotopic (exact) mass is 240 g/mol.